The molecule has 1 unspecified atom stereocenters. The molecule has 0 aromatic heterocycles. The van der Waals surface area contributed by atoms with Crippen LogP contribution in [0.5, 0.6) is 0 Å². The summed E-state index contributed by atoms with van der Waals surface area (Å²) in [5.74, 6) is 0.240. The maximum Gasteiger partial charge on any atom is 0.457 e. The molecule has 276 valence electrons. The standard InChI is InChI=1S/C36H60BN3O9/c1-21-19-39(28(44-12)22(2)38-30(42)46-32(3,4)5)25-20-40(31(43)47-33(6,7)8)36(21,29(41)45-13)24(25)15-14-16-37-48-27-18-23-17-26(34(23,9)10)35(27,11)49-37/h19,22-28H,14-18,20H2,1-13H3,(H,38,42)/t22-,23-,24+,25-,26-,27+,28?,35-,36+/m0/s1. The largest absolute Gasteiger partial charge is 0.467 e. The average Bonchev–Trinajstić information content (AvgIpc) is 3.45. The quantitative estimate of drug-likeness (QED) is 0.182. The number of esters is 1. The summed E-state index contributed by atoms with van der Waals surface area (Å²) in [6, 6.07) is -0.868. The molecule has 6 aliphatic rings. The van der Waals surface area contributed by atoms with E-state index in [-0.39, 0.29) is 42.7 Å². The topological polar surface area (TPSA) is 125 Å². The maximum absolute atomic E-state index is 14.1. The van der Waals surface area contributed by atoms with E-state index in [1.54, 1.807) is 27.9 Å². The van der Waals surface area contributed by atoms with Crippen LogP contribution in [-0.4, -0.2) is 103 Å². The Morgan fingerprint density at radius 3 is 2.29 bits per heavy atom. The van der Waals surface area contributed by atoms with Gasteiger partial charge in [0, 0.05) is 25.8 Å². The van der Waals surface area contributed by atoms with Crippen LogP contribution in [0.25, 0.3) is 0 Å². The van der Waals surface area contributed by atoms with Gasteiger partial charge >= 0.3 is 25.3 Å². The summed E-state index contributed by atoms with van der Waals surface area (Å²) in [5, 5.41) is 2.91. The van der Waals surface area contributed by atoms with Gasteiger partial charge in [-0.25, -0.2) is 14.4 Å². The number of amides is 2. The zero-order valence-electron chi connectivity index (χ0n) is 32.0. The molecule has 12 nitrogen and oxygen atoms in total. The molecule has 3 aliphatic carbocycles. The number of carbonyl (C=O) groups excluding carboxylic acids is 3. The Balaban J connectivity index is 1.42. The monoisotopic (exact) mass is 689 g/mol. The third kappa shape index (κ3) is 6.57. The summed E-state index contributed by atoms with van der Waals surface area (Å²) >= 11 is 0. The smallest absolute Gasteiger partial charge is 0.457 e. The number of nitrogens with zero attached hydrogens (tertiary/aromatic N) is 2. The number of likely N-dealkylation sites (tertiary alicyclic amines) is 1. The summed E-state index contributed by atoms with van der Waals surface area (Å²) in [7, 11) is 2.60. The van der Waals surface area contributed by atoms with Gasteiger partial charge in [0.25, 0.3) is 0 Å². The van der Waals surface area contributed by atoms with Crippen LogP contribution in [0.2, 0.25) is 6.32 Å². The lowest BCUT2D eigenvalue weighted by Gasteiger charge is -2.64. The first-order valence-electron chi connectivity index (χ1n) is 18.0. The van der Waals surface area contributed by atoms with Crippen molar-refractivity contribution in [2.24, 2.45) is 23.2 Å². The third-order valence-corrected chi connectivity index (χ3v) is 11.9. The van der Waals surface area contributed by atoms with Crippen LogP contribution in [0.4, 0.5) is 9.59 Å². The molecule has 4 bridgehead atoms. The molecule has 2 amide bonds. The molecule has 3 aliphatic heterocycles. The Bertz CT molecular complexity index is 1330. The number of methoxy groups -OCH3 is 2. The molecule has 5 fully saturated rings. The Morgan fingerprint density at radius 1 is 1.06 bits per heavy atom. The van der Waals surface area contributed by atoms with E-state index in [0.717, 1.165) is 6.42 Å². The molecule has 6 rings (SSSR count). The molecule has 9 atom stereocenters. The molecule has 1 N–H and O–H groups in total. The number of alkyl carbamates (subject to hydrolysis) is 1. The molecule has 0 aromatic carbocycles. The van der Waals surface area contributed by atoms with Crippen LogP contribution in [0.1, 0.15) is 102 Å². The minimum absolute atomic E-state index is 0.0892. The van der Waals surface area contributed by atoms with E-state index in [4.69, 9.17) is 28.3 Å². The van der Waals surface area contributed by atoms with Crippen molar-refractivity contribution in [1.29, 1.82) is 0 Å². The van der Waals surface area contributed by atoms with Gasteiger partial charge in [0.15, 0.2) is 5.54 Å². The summed E-state index contributed by atoms with van der Waals surface area (Å²) in [6.07, 6.45) is 4.30. The molecular formula is C36H60BN3O9. The van der Waals surface area contributed by atoms with E-state index in [9.17, 15) is 14.4 Å². The highest BCUT2D eigenvalue weighted by Gasteiger charge is 2.69. The number of carbonyl (C=O) groups is 3. The van der Waals surface area contributed by atoms with Gasteiger partial charge in [-0.3, -0.25) is 4.90 Å². The summed E-state index contributed by atoms with van der Waals surface area (Å²) in [5.41, 5.74) is -2.25. The maximum atomic E-state index is 14.1. The first-order chi connectivity index (χ1) is 22.6. The molecule has 49 heavy (non-hydrogen) atoms. The van der Waals surface area contributed by atoms with E-state index in [2.05, 4.69) is 26.1 Å². The van der Waals surface area contributed by atoms with Gasteiger partial charge in [-0.2, -0.15) is 0 Å². The Morgan fingerprint density at radius 2 is 1.71 bits per heavy atom. The van der Waals surface area contributed by atoms with E-state index in [1.165, 1.54) is 18.4 Å². The molecule has 3 heterocycles. The highest BCUT2D eigenvalue weighted by Crippen LogP contribution is 2.66. The van der Waals surface area contributed by atoms with Crippen molar-refractivity contribution in [3.63, 3.8) is 0 Å². The second-order valence-electron chi connectivity index (χ2n) is 17.7. The number of nitrogens with one attached hydrogen (secondary N) is 1. The third-order valence-electron chi connectivity index (χ3n) is 11.9. The molecular weight excluding hydrogens is 629 g/mol. The van der Waals surface area contributed by atoms with E-state index >= 15 is 0 Å². The van der Waals surface area contributed by atoms with Crippen LogP contribution in [0.15, 0.2) is 11.8 Å². The van der Waals surface area contributed by atoms with Crippen LogP contribution >= 0.6 is 0 Å². The highest BCUT2D eigenvalue weighted by atomic mass is 16.7. The number of rotatable bonds is 9. The SMILES string of the molecule is COC(=O)[C@]12C(C)=CN(C(OC)[C@H](C)NC(=O)OC(C)(C)C)[C@@H](CN1C(=O)OC(C)(C)C)[C@H]2CCCB1O[C@@H]2C[C@@H]3C[C@@H](C3(C)C)[C@]2(C)O1. The van der Waals surface area contributed by atoms with Gasteiger partial charge in [-0.05, 0) is 111 Å². The van der Waals surface area contributed by atoms with E-state index in [1.807, 2.05) is 45.7 Å². The Labute approximate surface area is 293 Å². The van der Waals surface area contributed by atoms with Crippen molar-refractivity contribution in [2.45, 2.75) is 155 Å². The normalized spacial score (nSPS) is 34.3. The molecule has 13 heteroatoms. The van der Waals surface area contributed by atoms with Gasteiger partial charge in [0.1, 0.15) is 17.4 Å². The minimum atomic E-state index is -1.39. The van der Waals surface area contributed by atoms with E-state index in [0.29, 0.717) is 36.6 Å². The van der Waals surface area contributed by atoms with Crippen molar-refractivity contribution >= 4 is 25.3 Å². The predicted molar refractivity (Wildman–Crippen MR) is 184 cm³/mol. The lowest BCUT2D eigenvalue weighted by atomic mass is 9.43. The molecule has 0 spiro atoms. The minimum Gasteiger partial charge on any atom is -0.467 e. The zero-order valence-corrected chi connectivity index (χ0v) is 32.0. The lowest BCUT2D eigenvalue weighted by molar-refractivity contribution is -0.199. The molecule has 0 aromatic rings. The van der Waals surface area contributed by atoms with Gasteiger partial charge in [-0.1, -0.05) is 20.3 Å². The zero-order chi connectivity index (χ0) is 36.5. The van der Waals surface area contributed by atoms with Gasteiger partial charge in [-0.15, -0.1) is 0 Å². The Hall–Kier alpha value is -2.51. The summed E-state index contributed by atoms with van der Waals surface area (Å²) in [4.78, 5) is 44.3. The molecule has 2 saturated heterocycles. The lowest BCUT2D eigenvalue weighted by Crippen LogP contribution is -2.65. The number of hydrogen-bond acceptors (Lipinski definition) is 10. The first-order valence-corrected chi connectivity index (χ1v) is 18.0. The summed E-state index contributed by atoms with van der Waals surface area (Å²) < 4.78 is 36.2. The van der Waals surface area contributed by atoms with Crippen molar-refractivity contribution in [3.8, 4) is 0 Å². The fourth-order valence-corrected chi connectivity index (χ4v) is 9.67. The van der Waals surface area contributed by atoms with Crippen LogP contribution in [0, 0.1) is 23.2 Å². The fraction of sp³-hybridized carbons (Fsp3) is 0.861. The first kappa shape index (κ1) is 37.7. The Kier molecular flexibility index (Phi) is 9.95. The van der Waals surface area contributed by atoms with Crippen LogP contribution in [0.3, 0.4) is 0 Å². The van der Waals surface area contributed by atoms with Crippen molar-refractivity contribution in [1.82, 2.24) is 15.1 Å². The number of ether oxygens (including phenoxy) is 4. The summed E-state index contributed by atoms with van der Waals surface area (Å²) in [6.45, 7) is 21.6. The van der Waals surface area contributed by atoms with Gasteiger partial charge < -0.3 is 38.5 Å². The molecule has 3 saturated carbocycles. The number of fused-ring (bicyclic) bond motifs is 2. The van der Waals surface area contributed by atoms with Crippen molar-refractivity contribution in [2.75, 3.05) is 20.8 Å². The highest BCUT2D eigenvalue weighted by molar-refractivity contribution is 6.45. The van der Waals surface area contributed by atoms with Gasteiger partial charge in [0.2, 0.25) is 0 Å². The van der Waals surface area contributed by atoms with E-state index < -0.39 is 47.2 Å². The second-order valence-corrected chi connectivity index (χ2v) is 17.7. The van der Waals surface area contributed by atoms with Crippen molar-refractivity contribution < 1.29 is 42.6 Å². The van der Waals surface area contributed by atoms with Crippen LogP contribution in [-0.2, 0) is 33.1 Å². The van der Waals surface area contributed by atoms with Crippen molar-refractivity contribution in [3.05, 3.63) is 11.8 Å². The van der Waals surface area contributed by atoms with Gasteiger partial charge in [0.05, 0.1) is 30.9 Å². The predicted octanol–water partition coefficient (Wildman–Crippen LogP) is 5.75. The molecule has 0 radical (unpaired) electrons. The fourth-order valence-electron chi connectivity index (χ4n) is 9.67. The van der Waals surface area contributed by atoms with Crippen LogP contribution < -0.4 is 5.32 Å². The average molecular weight is 690 g/mol. The second kappa shape index (κ2) is 12.9. The number of hydrogen-bond donors (Lipinski definition) is 1.